The molecule has 1 aliphatic carbocycles. The van der Waals surface area contributed by atoms with E-state index in [1.54, 1.807) is 20.8 Å². The fourth-order valence-corrected chi connectivity index (χ4v) is 3.97. The number of carboxylic acids is 1. The Hall–Kier alpha value is -4.21. The minimum atomic E-state index is -1.35. The number of hydrogen-bond donors (Lipinski definition) is 2. The topological polar surface area (TPSA) is 133 Å². The van der Waals surface area contributed by atoms with Crippen LogP contribution in [0.2, 0.25) is 0 Å². The first-order valence-electron chi connectivity index (χ1n) is 11.1. The first-order chi connectivity index (χ1) is 16.6. The number of esters is 1. The summed E-state index contributed by atoms with van der Waals surface area (Å²) in [6, 6.07) is 14.5. The molecule has 1 amide bonds. The van der Waals surface area contributed by atoms with E-state index in [2.05, 4.69) is 15.6 Å². The van der Waals surface area contributed by atoms with E-state index in [-0.39, 0.29) is 24.8 Å². The van der Waals surface area contributed by atoms with E-state index in [4.69, 9.17) is 9.47 Å². The predicted molar refractivity (Wildman–Crippen MR) is 125 cm³/mol. The molecule has 10 nitrogen and oxygen atoms in total. The maximum Gasteiger partial charge on any atom is 0.407 e. The van der Waals surface area contributed by atoms with Gasteiger partial charge in [0.15, 0.2) is 5.69 Å². The van der Waals surface area contributed by atoms with Gasteiger partial charge in [0.1, 0.15) is 18.2 Å². The molecule has 0 saturated carbocycles. The van der Waals surface area contributed by atoms with Gasteiger partial charge in [0, 0.05) is 5.92 Å². The number of nitrogens with one attached hydrogen (secondary N) is 1. The van der Waals surface area contributed by atoms with Gasteiger partial charge < -0.3 is 19.9 Å². The average molecular weight is 479 g/mol. The van der Waals surface area contributed by atoms with Gasteiger partial charge in [-0.1, -0.05) is 53.7 Å². The van der Waals surface area contributed by atoms with Crippen molar-refractivity contribution in [3.63, 3.8) is 0 Å². The van der Waals surface area contributed by atoms with Crippen LogP contribution in [-0.4, -0.2) is 56.4 Å². The number of nitrogens with zero attached hydrogens (tertiary/aromatic N) is 3. The summed E-state index contributed by atoms with van der Waals surface area (Å²) in [6.45, 7) is 4.95. The lowest BCUT2D eigenvalue weighted by molar-refractivity contribution is -0.139. The molecule has 182 valence electrons. The van der Waals surface area contributed by atoms with Crippen LogP contribution in [0, 0.1) is 0 Å². The van der Waals surface area contributed by atoms with Crippen molar-refractivity contribution in [3.05, 3.63) is 71.5 Å². The van der Waals surface area contributed by atoms with E-state index < -0.39 is 29.7 Å². The number of ether oxygens (including phenoxy) is 2. The summed E-state index contributed by atoms with van der Waals surface area (Å²) in [6.07, 6.45) is 0.399. The van der Waals surface area contributed by atoms with Gasteiger partial charge in [0.2, 0.25) is 0 Å². The molecule has 1 aromatic heterocycles. The van der Waals surface area contributed by atoms with Gasteiger partial charge in [-0.25, -0.2) is 19.1 Å². The smallest absolute Gasteiger partial charge is 0.407 e. The number of hydrogen-bond acceptors (Lipinski definition) is 7. The highest BCUT2D eigenvalue weighted by Gasteiger charge is 2.30. The van der Waals surface area contributed by atoms with Crippen molar-refractivity contribution in [1.29, 1.82) is 0 Å². The number of aliphatic carboxylic acids is 1. The lowest BCUT2D eigenvalue weighted by Gasteiger charge is -2.18. The zero-order chi connectivity index (χ0) is 25.2. The summed E-state index contributed by atoms with van der Waals surface area (Å²) in [5.41, 5.74) is 3.50. The number of carboxylic acid groups (broad SMARTS) is 1. The molecule has 1 heterocycles. The van der Waals surface area contributed by atoms with Crippen molar-refractivity contribution >= 4 is 18.0 Å². The number of fused-ring (bicyclic) bond motifs is 3. The highest BCUT2D eigenvalue weighted by Crippen LogP contribution is 2.44. The van der Waals surface area contributed by atoms with Gasteiger partial charge in [0.05, 0.1) is 12.7 Å². The first kappa shape index (κ1) is 23.9. The number of aromatic nitrogens is 3. The molecule has 3 aromatic rings. The summed E-state index contributed by atoms with van der Waals surface area (Å²) in [7, 11) is 0. The number of benzene rings is 2. The van der Waals surface area contributed by atoms with E-state index in [9.17, 15) is 19.5 Å². The Kier molecular flexibility index (Phi) is 6.54. The van der Waals surface area contributed by atoms with Crippen molar-refractivity contribution < 1.29 is 29.0 Å². The van der Waals surface area contributed by atoms with Gasteiger partial charge in [-0.3, -0.25) is 0 Å². The molecule has 2 N–H and O–H groups in total. The quantitative estimate of drug-likeness (QED) is 0.495. The van der Waals surface area contributed by atoms with Crippen LogP contribution in [0.5, 0.6) is 0 Å². The van der Waals surface area contributed by atoms with Crippen LogP contribution in [-0.2, 0) is 20.8 Å². The highest BCUT2D eigenvalue weighted by molar-refractivity contribution is 5.87. The largest absolute Gasteiger partial charge is 0.480 e. The second-order valence-electron chi connectivity index (χ2n) is 9.19. The number of rotatable bonds is 7. The van der Waals surface area contributed by atoms with Gasteiger partial charge in [-0.05, 0) is 43.0 Å². The molecule has 0 aliphatic heterocycles. The van der Waals surface area contributed by atoms with Gasteiger partial charge in [-0.2, -0.15) is 0 Å². The second-order valence-corrected chi connectivity index (χ2v) is 9.19. The van der Waals surface area contributed by atoms with Crippen molar-refractivity contribution in [2.75, 3.05) is 6.61 Å². The fourth-order valence-electron chi connectivity index (χ4n) is 3.97. The SMILES string of the molecule is CC(C)(C)OC(=O)c1cn(C[C@H](NC(=O)OCC2c3ccccc3-c3ccccc32)C(=O)O)nn1. The third kappa shape index (κ3) is 5.48. The number of alkyl carbamates (subject to hydrolysis) is 1. The van der Waals surface area contributed by atoms with Gasteiger partial charge in [0.25, 0.3) is 0 Å². The van der Waals surface area contributed by atoms with Crippen LogP contribution in [0.4, 0.5) is 4.79 Å². The van der Waals surface area contributed by atoms with E-state index in [0.29, 0.717) is 0 Å². The summed E-state index contributed by atoms with van der Waals surface area (Å²) >= 11 is 0. The lowest BCUT2D eigenvalue weighted by Crippen LogP contribution is -2.44. The van der Waals surface area contributed by atoms with Gasteiger partial charge in [-0.15, -0.1) is 5.10 Å². The van der Waals surface area contributed by atoms with Crippen LogP contribution in [0.3, 0.4) is 0 Å². The Bertz CT molecular complexity index is 1220. The molecule has 1 atom stereocenters. The first-order valence-corrected chi connectivity index (χ1v) is 11.1. The van der Waals surface area contributed by atoms with Crippen molar-refractivity contribution in [3.8, 4) is 11.1 Å². The summed E-state index contributed by atoms with van der Waals surface area (Å²) in [4.78, 5) is 36.3. The third-order valence-electron chi connectivity index (χ3n) is 5.45. The number of carbonyl (C=O) groups excluding carboxylic acids is 2. The van der Waals surface area contributed by atoms with E-state index >= 15 is 0 Å². The van der Waals surface area contributed by atoms with E-state index in [1.165, 1.54) is 6.20 Å². The molecule has 2 aromatic carbocycles. The molecular weight excluding hydrogens is 452 g/mol. The maximum atomic E-state index is 12.5. The monoisotopic (exact) mass is 478 g/mol. The summed E-state index contributed by atoms with van der Waals surface area (Å²) < 4.78 is 11.8. The Balaban J connectivity index is 1.38. The van der Waals surface area contributed by atoms with E-state index in [1.807, 2.05) is 48.5 Å². The molecular formula is C25H26N4O6. The highest BCUT2D eigenvalue weighted by atomic mass is 16.6. The van der Waals surface area contributed by atoms with Crippen molar-refractivity contribution in [2.45, 2.75) is 44.9 Å². The minimum absolute atomic E-state index is 0.0539. The zero-order valence-electron chi connectivity index (χ0n) is 19.6. The molecule has 0 spiro atoms. The normalized spacial score (nSPS) is 13.5. The second kappa shape index (κ2) is 9.57. The third-order valence-corrected chi connectivity index (χ3v) is 5.45. The number of amides is 1. The number of carbonyl (C=O) groups is 3. The zero-order valence-corrected chi connectivity index (χ0v) is 19.6. The van der Waals surface area contributed by atoms with Crippen molar-refractivity contribution in [1.82, 2.24) is 20.3 Å². The van der Waals surface area contributed by atoms with Crippen LogP contribution >= 0.6 is 0 Å². The summed E-state index contributed by atoms with van der Waals surface area (Å²) in [5.74, 6) is -2.11. The lowest BCUT2D eigenvalue weighted by atomic mass is 9.98. The van der Waals surface area contributed by atoms with Crippen LogP contribution in [0.25, 0.3) is 11.1 Å². The molecule has 0 unspecified atom stereocenters. The summed E-state index contributed by atoms with van der Waals surface area (Å²) in [5, 5.41) is 19.4. The molecule has 0 saturated heterocycles. The molecule has 35 heavy (non-hydrogen) atoms. The van der Waals surface area contributed by atoms with Crippen molar-refractivity contribution in [2.24, 2.45) is 0 Å². The maximum absolute atomic E-state index is 12.5. The standard InChI is InChI=1S/C25H26N4O6/c1-25(2,3)35-23(32)21-13-29(28-27-21)12-20(22(30)31)26-24(33)34-14-19-17-10-6-4-8-15(17)16-9-5-7-11-18(16)19/h4-11,13,19-20H,12,14H2,1-3H3,(H,26,33)(H,30,31)/t20-/m0/s1. The predicted octanol–water partition coefficient (Wildman–Crippen LogP) is 3.23. The van der Waals surface area contributed by atoms with Gasteiger partial charge >= 0.3 is 18.0 Å². The Morgan fingerprint density at radius 2 is 1.66 bits per heavy atom. The Labute approximate surface area is 201 Å². The Morgan fingerprint density at radius 3 is 2.23 bits per heavy atom. The molecule has 4 rings (SSSR count). The average Bonchev–Trinajstić information content (AvgIpc) is 3.39. The van der Waals surface area contributed by atoms with Crippen LogP contribution in [0.1, 0.15) is 48.3 Å². The van der Waals surface area contributed by atoms with E-state index in [0.717, 1.165) is 26.9 Å². The fraction of sp³-hybridized carbons (Fsp3) is 0.320. The van der Waals surface area contributed by atoms with Crippen LogP contribution in [0.15, 0.2) is 54.7 Å². The minimum Gasteiger partial charge on any atom is -0.480 e. The molecule has 10 heteroatoms. The molecule has 0 radical (unpaired) electrons. The molecule has 0 fully saturated rings. The molecule has 0 bridgehead atoms. The van der Waals surface area contributed by atoms with Crippen LogP contribution < -0.4 is 5.32 Å². The Morgan fingerprint density at radius 1 is 1.06 bits per heavy atom. The molecule has 1 aliphatic rings.